The number of carbonyl (C=O) groups is 1. The Morgan fingerprint density at radius 3 is 2.62 bits per heavy atom. The molecule has 1 aliphatic rings. The van der Waals surface area contributed by atoms with Gasteiger partial charge in [-0.15, -0.1) is 10.2 Å². The average molecular weight is 495 g/mol. The summed E-state index contributed by atoms with van der Waals surface area (Å²) in [4.78, 5) is 14.6. The maximum Gasteiger partial charge on any atom is 0.277 e. The molecule has 1 amide bonds. The van der Waals surface area contributed by atoms with Crippen LogP contribution in [0.5, 0.6) is 0 Å². The minimum absolute atomic E-state index is 0.0972. The van der Waals surface area contributed by atoms with E-state index in [2.05, 4.69) is 20.4 Å². The summed E-state index contributed by atoms with van der Waals surface area (Å²) in [6.07, 6.45) is 2.08. The van der Waals surface area contributed by atoms with Crippen LogP contribution < -0.4 is 5.32 Å². The number of nitrogens with one attached hydrogen (secondary N) is 1. The molecule has 168 valence electrons. The number of nitrogens with zero attached hydrogens (tertiary/aromatic N) is 3. The van der Waals surface area contributed by atoms with Crippen molar-refractivity contribution in [3.8, 4) is 11.5 Å². The zero-order valence-electron chi connectivity index (χ0n) is 17.1. The number of amides is 1. The molecule has 1 unspecified atom stereocenters. The molecule has 2 aromatic carbocycles. The van der Waals surface area contributed by atoms with Crippen LogP contribution in [0.25, 0.3) is 11.5 Å². The standard InChI is InChI=1S/C22H21Cl2FN4O2S/c23-15-8-6-14(7-9-15)21-27-28-22(31-21)32-13-19(30)26-12-18(29-10-1-2-11-29)20-16(24)4-3-5-17(20)25/h3-9,18H,1-2,10-13H2,(H,26,30). The highest BCUT2D eigenvalue weighted by Crippen LogP contribution is 2.32. The first-order chi connectivity index (χ1) is 15.5. The molecule has 6 nitrogen and oxygen atoms in total. The molecule has 1 N–H and O–H groups in total. The summed E-state index contributed by atoms with van der Waals surface area (Å²) < 4.78 is 20.2. The van der Waals surface area contributed by atoms with Gasteiger partial charge in [0.05, 0.1) is 11.8 Å². The van der Waals surface area contributed by atoms with Gasteiger partial charge in [0.2, 0.25) is 11.8 Å². The van der Waals surface area contributed by atoms with Gasteiger partial charge >= 0.3 is 0 Å². The van der Waals surface area contributed by atoms with Crippen LogP contribution in [-0.4, -0.2) is 46.4 Å². The van der Waals surface area contributed by atoms with Crippen molar-refractivity contribution >= 4 is 40.9 Å². The Morgan fingerprint density at radius 1 is 1.16 bits per heavy atom. The molecular formula is C22H21Cl2FN4O2S. The lowest BCUT2D eigenvalue weighted by molar-refractivity contribution is -0.118. The normalized spacial score (nSPS) is 15.1. The van der Waals surface area contributed by atoms with E-state index < -0.39 is 0 Å². The summed E-state index contributed by atoms with van der Waals surface area (Å²) in [6, 6.07) is 11.4. The summed E-state index contributed by atoms with van der Waals surface area (Å²) in [5.74, 6) is -0.121. The first-order valence-electron chi connectivity index (χ1n) is 10.2. The van der Waals surface area contributed by atoms with Gasteiger partial charge in [0.15, 0.2) is 0 Å². The third-order valence-electron chi connectivity index (χ3n) is 5.23. The highest BCUT2D eigenvalue weighted by molar-refractivity contribution is 7.99. The second-order valence-corrected chi connectivity index (χ2v) is 9.14. The van der Waals surface area contributed by atoms with Gasteiger partial charge < -0.3 is 9.73 Å². The van der Waals surface area contributed by atoms with Gasteiger partial charge in [-0.05, 0) is 62.3 Å². The molecule has 1 aromatic heterocycles. The van der Waals surface area contributed by atoms with Crippen molar-refractivity contribution in [2.45, 2.75) is 24.1 Å². The van der Waals surface area contributed by atoms with Crippen LogP contribution in [0.1, 0.15) is 24.4 Å². The Balaban J connectivity index is 1.35. The second kappa shape index (κ2) is 10.7. The summed E-state index contributed by atoms with van der Waals surface area (Å²) in [5.41, 5.74) is 1.17. The Bertz CT molecular complexity index is 1050. The van der Waals surface area contributed by atoms with Crippen molar-refractivity contribution in [1.29, 1.82) is 0 Å². The van der Waals surface area contributed by atoms with Gasteiger partial charge in [-0.1, -0.05) is 41.0 Å². The first-order valence-corrected chi connectivity index (χ1v) is 11.9. The molecule has 1 aliphatic heterocycles. The average Bonchev–Trinajstić information content (AvgIpc) is 3.47. The number of rotatable bonds is 8. The van der Waals surface area contributed by atoms with Crippen molar-refractivity contribution in [2.75, 3.05) is 25.4 Å². The van der Waals surface area contributed by atoms with Gasteiger partial charge in [0, 0.05) is 27.7 Å². The maximum absolute atomic E-state index is 14.5. The zero-order valence-corrected chi connectivity index (χ0v) is 19.4. The van der Waals surface area contributed by atoms with Gasteiger partial charge in [0.1, 0.15) is 5.82 Å². The van der Waals surface area contributed by atoms with Crippen molar-refractivity contribution in [1.82, 2.24) is 20.4 Å². The van der Waals surface area contributed by atoms with Crippen LogP contribution >= 0.6 is 35.0 Å². The molecule has 2 heterocycles. The van der Waals surface area contributed by atoms with E-state index in [1.54, 1.807) is 36.4 Å². The van der Waals surface area contributed by atoms with Gasteiger partial charge in [-0.3, -0.25) is 9.69 Å². The molecule has 1 saturated heterocycles. The second-order valence-electron chi connectivity index (χ2n) is 7.37. The van der Waals surface area contributed by atoms with E-state index in [9.17, 15) is 9.18 Å². The number of carbonyl (C=O) groups excluding carboxylic acids is 1. The number of likely N-dealkylation sites (tertiary alicyclic amines) is 1. The fourth-order valence-corrected chi connectivity index (χ4v) is 4.67. The number of halogens is 3. The largest absolute Gasteiger partial charge is 0.411 e. The summed E-state index contributed by atoms with van der Waals surface area (Å²) >= 11 is 13.3. The molecule has 0 aliphatic carbocycles. The highest BCUT2D eigenvalue weighted by Gasteiger charge is 2.28. The number of benzene rings is 2. The van der Waals surface area contributed by atoms with Crippen molar-refractivity contribution in [3.63, 3.8) is 0 Å². The number of hydrogen-bond acceptors (Lipinski definition) is 6. The topological polar surface area (TPSA) is 71.3 Å². The van der Waals surface area contributed by atoms with E-state index in [-0.39, 0.29) is 30.1 Å². The predicted molar refractivity (Wildman–Crippen MR) is 123 cm³/mol. The number of thioether (sulfide) groups is 1. The Kier molecular flexibility index (Phi) is 7.67. The maximum atomic E-state index is 14.5. The monoisotopic (exact) mass is 494 g/mol. The third-order valence-corrected chi connectivity index (χ3v) is 6.63. The fourth-order valence-electron chi connectivity index (χ4n) is 3.66. The van der Waals surface area contributed by atoms with Gasteiger partial charge in [0.25, 0.3) is 5.22 Å². The molecule has 1 atom stereocenters. The summed E-state index contributed by atoms with van der Waals surface area (Å²) in [6.45, 7) is 1.95. The van der Waals surface area contributed by atoms with E-state index in [4.69, 9.17) is 27.6 Å². The van der Waals surface area contributed by atoms with Gasteiger partial charge in [-0.2, -0.15) is 0 Å². The fraction of sp³-hybridized carbons (Fsp3) is 0.318. The first kappa shape index (κ1) is 23.0. The zero-order chi connectivity index (χ0) is 22.5. The van der Waals surface area contributed by atoms with Crippen LogP contribution in [0.3, 0.4) is 0 Å². The van der Waals surface area contributed by atoms with E-state index in [1.807, 2.05) is 0 Å². The molecule has 10 heteroatoms. The number of aromatic nitrogens is 2. The van der Waals surface area contributed by atoms with Crippen LogP contribution in [0.4, 0.5) is 4.39 Å². The van der Waals surface area contributed by atoms with Crippen LogP contribution in [0, 0.1) is 5.82 Å². The molecule has 0 radical (unpaired) electrons. The summed E-state index contributed by atoms with van der Waals surface area (Å²) in [7, 11) is 0. The quantitative estimate of drug-likeness (QED) is 0.432. The molecule has 4 rings (SSSR count). The molecule has 32 heavy (non-hydrogen) atoms. The van der Waals surface area contributed by atoms with E-state index >= 15 is 0 Å². The van der Waals surface area contributed by atoms with E-state index in [1.165, 1.54) is 6.07 Å². The molecule has 0 saturated carbocycles. The summed E-state index contributed by atoms with van der Waals surface area (Å²) in [5, 5.41) is 12.1. The Labute approximate surface area is 199 Å². The van der Waals surface area contributed by atoms with Gasteiger partial charge in [-0.25, -0.2) is 4.39 Å². The van der Waals surface area contributed by atoms with E-state index in [0.29, 0.717) is 26.7 Å². The van der Waals surface area contributed by atoms with Crippen LogP contribution in [0.15, 0.2) is 52.1 Å². The highest BCUT2D eigenvalue weighted by atomic mass is 35.5. The smallest absolute Gasteiger partial charge is 0.277 e. The molecule has 0 spiro atoms. The minimum Gasteiger partial charge on any atom is -0.411 e. The SMILES string of the molecule is O=C(CSc1nnc(-c2ccc(Cl)cc2)o1)NCC(c1c(F)cccc1Cl)N1CCCC1. The Morgan fingerprint density at radius 2 is 1.91 bits per heavy atom. The molecular weight excluding hydrogens is 474 g/mol. The third kappa shape index (κ3) is 5.61. The van der Waals surface area contributed by atoms with Crippen LogP contribution in [-0.2, 0) is 4.79 Å². The Hall–Kier alpha value is -2.13. The van der Waals surface area contributed by atoms with Crippen molar-refractivity contribution in [3.05, 3.63) is 63.9 Å². The number of hydrogen-bond donors (Lipinski definition) is 1. The lowest BCUT2D eigenvalue weighted by atomic mass is 10.0. The predicted octanol–water partition coefficient (Wildman–Crippen LogP) is 5.23. The van der Waals surface area contributed by atoms with Crippen LogP contribution in [0.2, 0.25) is 10.0 Å². The van der Waals surface area contributed by atoms with Crippen molar-refractivity contribution < 1.29 is 13.6 Å². The van der Waals surface area contributed by atoms with E-state index in [0.717, 1.165) is 43.3 Å². The van der Waals surface area contributed by atoms with Crippen molar-refractivity contribution in [2.24, 2.45) is 0 Å². The molecule has 0 bridgehead atoms. The molecule has 3 aromatic rings. The lowest BCUT2D eigenvalue weighted by Crippen LogP contribution is -2.38. The minimum atomic E-state index is -0.362. The lowest BCUT2D eigenvalue weighted by Gasteiger charge is -2.29. The molecule has 1 fully saturated rings.